The molecule has 0 unspecified atom stereocenters. The summed E-state index contributed by atoms with van der Waals surface area (Å²) in [5.74, 6) is 0.990. The zero-order valence-electron chi connectivity index (χ0n) is 13.3. The number of carbonyl (C=O) groups excluding carboxylic acids is 1. The van der Waals surface area contributed by atoms with Gasteiger partial charge in [-0.3, -0.25) is 0 Å². The van der Waals surface area contributed by atoms with E-state index in [1.807, 2.05) is 26.0 Å². The van der Waals surface area contributed by atoms with Gasteiger partial charge >= 0.3 is 6.03 Å². The fraction of sp³-hybridized carbons (Fsp3) is 0.625. The molecule has 22 heavy (non-hydrogen) atoms. The number of ether oxygens (including phenoxy) is 1. The number of nitrogens with one attached hydrogen (secondary N) is 1. The Morgan fingerprint density at radius 3 is 2.50 bits per heavy atom. The molecule has 6 nitrogen and oxygen atoms in total. The second-order valence-electron chi connectivity index (χ2n) is 6.19. The van der Waals surface area contributed by atoms with Gasteiger partial charge in [-0.25, -0.2) is 9.78 Å². The van der Waals surface area contributed by atoms with Crippen molar-refractivity contribution in [3.8, 4) is 0 Å². The van der Waals surface area contributed by atoms with Crippen LogP contribution in [0, 0.1) is 0 Å². The third-order valence-corrected chi connectivity index (χ3v) is 4.14. The van der Waals surface area contributed by atoms with Crippen molar-refractivity contribution in [1.29, 1.82) is 0 Å². The number of carbonyl (C=O) groups is 1. The van der Waals surface area contributed by atoms with Crippen LogP contribution in [0.4, 0.5) is 16.3 Å². The Labute approximate surface area is 131 Å². The second kappa shape index (κ2) is 6.52. The van der Waals surface area contributed by atoms with Gasteiger partial charge in [0.05, 0.1) is 24.1 Å². The minimum Gasteiger partial charge on any atom is -0.372 e. The van der Waals surface area contributed by atoms with Crippen molar-refractivity contribution in [3.05, 3.63) is 18.3 Å². The molecule has 2 amide bonds. The van der Waals surface area contributed by atoms with Crippen LogP contribution in [0.25, 0.3) is 0 Å². The molecule has 3 heterocycles. The molecule has 6 heteroatoms. The molecule has 3 rings (SSSR count). The molecule has 2 aliphatic heterocycles. The summed E-state index contributed by atoms with van der Waals surface area (Å²) in [4.78, 5) is 20.9. The largest absolute Gasteiger partial charge is 0.372 e. The molecule has 0 aliphatic carbocycles. The smallest absolute Gasteiger partial charge is 0.322 e. The molecule has 0 radical (unpaired) electrons. The Bertz CT molecular complexity index is 503. The summed E-state index contributed by atoms with van der Waals surface area (Å²) in [6.07, 6.45) is 4.34. The van der Waals surface area contributed by atoms with Crippen molar-refractivity contribution in [3.63, 3.8) is 0 Å². The van der Waals surface area contributed by atoms with Gasteiger partial charge in [0.25, 0.3) is 0 Å². The van der Waals surface area contributed by atoms with Crippen LogP contribution in [0.5, 0.6) is 0 Å². The highest BCUT2D eigenvalue weighted by atomic mass is 16.5. The summed E-state index contributed by atoms with van der Waals surface area (Å²) in [6, 6.07) is 3.81. The summed E-state index contributed by atoms with van der Waals surface area (Å²) in [7, 11) is 0. The van der Waals surface area contributed by atoms with Gasteiger partial charge in [0.15, 0.2) is 0 Å². The van der Waals surface area contributed by atoms with E-state index < -0.39 is 0 Å². The van der Waals surface area contributed by atoms with E-state index in [1.165, 1.54) is 12.8 Å². The Morgan fingerprint density at radius 1 is 1.23 bits per heavy atom. The lowest BCUT2D eigenvalue weighted by Gasteiger charge is -2.35. The summed E-state index contributed by atoms with van der Waals surface area (Å²) in [5, 5.41) is 2.92. The summed E-state index contributed by atoms with van der Waals surface area (Å²) in [6.45, 7) is 7.36. The molecular weight excluding hydrogens is 280 g/mol. The van der Waals surface area contributed by atoms with E-state index in [0.29, 0.717) is 13.1 Å². The van der Waals surface area contributed by atoms with E-state index >= 15 is 0 Å². The first kappa shape index (κ1) is 15.1. The quantitative estimate of drug-likeness (QED) is 0.911. The molecule has 0 bridgehead atoms. The molecule has 1 aromatic heterocycles. The van der Waals surface area contributed by atoms with Crippen molar-refractivity contribution in [1.82, 2.24) is 9.88 Å². The molecule has 0 spiro atoms. The maximum absolute atomic E-state index is 12.3. The molecular formula is C16H24N4O2. The maximum Gasteiger partial charge on any atom is 0.322 e. The second-order valence-corrected chi connectivity index (χ2v) is 6.19. The van der Waals surface area contributed by atoms with Gasteiger partial charge in [0.1, 0.15) is 5.82 Å². The van der Waals surface area contributed by atoms with Crippen LogP contribution < -0.4 is 10.2 Å². The minimum absolute atomic E-state index is 0.0742. The van der Waals surface area contributed by atoms with Crippen LogP contribution in [0.2, 0.25) is 0 Å². The molecule has 1 N–H and O–H groups in total. The van der Waals surface area contributed by atoms with Gasteiger partial charge in [-0.05, 0) is 38.8 Å². The van der Waals surface area contributed by atoms with E-state index in [1.54, 1.807) is 11.1 Å². The molecule has 2 atom stereocenters. The number of nitrogens with zero attached hydrogens (tertiary/aromatic N) is 3. The zero-order chi connectivity index (χ0) is 15.5. The van der Waals surface area contributed by atoms with Crippen LogP contribution in [0.3, 0.4) is 0 Å². The maximum atomic E-state index is 12.3. The average molecular weight is 304 g/mol. The number of hydrogen-bond acceptors (Lipinski definition) is 4. The van der Waals surface area contributed by atoms with Crippen LogP contribution >= 0.6 is 0 Å². The Hall–Kier alpha value is -1.82. The normalized spacial score (nSPS) is 25.4. The van der Waals surface area contributed by atoms with Crippen LogP contribution in [0.15, 0.2) is 18.3 Å². The lowest BCUT2D eigenvalue weighted by molar-refractivity contribution is -0.0530. The number of aromatic nitrogens is 1. The summed E-state index contributed by atoms with van der Waals surface area (Å²) in [5.41, 5.74) is 0.736. The number of hydrogen-bond donors (Lipinski definition) is 1. The van der Waals surface area contributed by atoms with E-state index in [9.17, 15) is 4.79 Å². The van der Waals surface area contributed by atoms with Gasteiger partial charge in [-0.1, -0.05) is 0 Å². The van der Waals surface area contributed by atoms with E-state index in [-0.39, 0.29) is 18.2 Å². The van der Waals surface area contributed by atoms with Gasteiger partial charge in [-0.2, -0.15) is 0 Å². The lowest BCUT2D eigenvalue weighted by atomic mass is 10.2. The predicted octanol–water partition coefficient (Wildman–Crippen LogP) is 2.32. The fourth-order valence-electron chi connectivity index (χ4n) is 3.14. The molecule has 0 aromatic carbocycles. The zero-order valence-corrected chi connectivity index (χ0v) is 13.3. The van der Waals surface area contributed by atoms with Gasteiger partial charge in [-0.15, -0.1) is 0 Å². The van der Waals surface area contributed by atoms with Crippen molar-refractivity contribution in [2.45, 2.75) is 38.9 Å². The third kappa shape index (κ3) is 3.50. The van der Waals surface area contributed by atoms with E-state index in [4.69, 9.17) is 4.74 Å². The number of rotatable bonds is 2. The van der Waals surface area contributed by atoms with Crippen LogP contribution in [-0.2, 0) is 4.74 Å². The third-order valence-electron chi connectivity index (χ3n) is 4.14. The summed E-state index contributed by atoms with van der Waals surface area (Å²) < 4.78 is 5.65. The monoisotopic (exact) mass is 304 g/mol. The first-order chi connectivity index (χ1) is 10.6. The number of amides is 2. The summed E-state index contributed by atoms with van der Waals surface area (Å²) >= 11 is 0. The standard InChI is InChI=1S/C16H24N4O2/c1-12-10-20(11-13(2)22-12)16(21)18-14-5-6-15(17-9-14)19-7-3-4-8-19/h5-6,9,12-13H,3-4,7-8,10-11H2,1-2H3,(H,18,21)/t12-,13+. The molecule has 0 saturated carbocycles. The van der Waals surface area contributed by atoms with Gasteiger partial charge < -0.3 is 19.9 Å². The molecule has 2 fully saturated rings. The average Bonchev–Trinajstić information content (AvgIpc) is 3.01. The first-order valence-corrected chi connectivity index (χ1v) is 8.04. The van der Waals surface area contributed by atoms with Crippen molar-refractivity contribution in [2.75, 3.05) is 36.4 Å². The lowest BCUT2D eigenvalue weighted by Crippen LogP contribution is -2.49. The molecule has 120 valence electrons. The minimum atomic E-state index is -0.0854. The van der Waals surface area contributed by atoms with Crippen LogP contribution in [-0.4, -0.2) is 54.3 Å². The number of urea groups is 1. The van der Waals surface area contributed by atoms with E-state index in [0.717, 1.165) is 24.6 Å². The SMILES string of the molecule is C[C@@H]1CN(C(=O)Nc2ccc(N3CCCC3)nc2)C[C@H](C)O1. The van der Waals surface area contributed by atoms with Gasteiger partial charge in [0, 0.05) is 26.2 Å². The highest BCUT2D eigenvalue weighted by molar-refractivity contribution is 5.89. The topological polar surface area (TPSA) is 57.7 Å². The molecule has 2 aliphatic rings. The van der Waals surface area contributed by atoms with Crippen molar-refractivity contribution in [2.24, 2.45) is 0 Å². The first-order valence-electron chi connectivity index (χ1n) is 8.04. The van der Waals surface area contributed by atoms with E-state index in [2.05, 4.69) is 15.2 Å². The Balaban J connectivity index is 1.59. The Morgan fingerprint density at radius 2 is 1.91 bits per heavy atom. The van der Waals surface area contributed by atoms with Crippen molar-refractivity contribution >= 4 is 17.5 Å². The predicted molar refractivity (Wildman–Crippen MR) is 86.3 cm³/mol. The Kier molecular flexibility index (Phi) is 4.47. The highest BCUT2D eigenvalue weighted by Crippen LogP contribution is 2.19. The highest BCUT2D eigenvalue weighted by Gasteiger charge is 2.25. The molecule has 1 aromatic rings. The fourth-order valence-corrected chi connectivity index (χ4v) is 3.14. The van der Waals surface area contributed by atoms with Gasteiger partial charge in [0.2, 0.25) is 0 Å². The number of pyridine rings is 1. The van der Waals surface area contributed by atoms with Crippen LogP contribution in [0.1, 0.15) is 26.7 Å². The molecule has 2 saturated heterocycles. The number of morpholine rings is 1. The number of anilines is 2. The van der Waals surface area contributed by atoms with Crippen molar-refractivity contribution < 1.29 is 9.53 Å².